The Morgan fingerprint density at radius 1 is 1.54 bits per heavy atom. The summed E-state index contributed by atoms with van der Waals surface area (Å²) in [5.74, 6) is 5.06. The van der Waals surface area contributed by atoms with E-state index in [0.717, 1.165) is 0 Å². The Labute approximate surface area is 77.7 Å². The van der Waals surface area contributed by atoms with Gasteiger partial charge in [0, 0.05) is 6.54 Å². The summed E-state index contributed by atoms with van der Waals surface area (Å²) in [7, 11) is 0. The summed E-state index contributed by atoms with van der Waals surface area (Å²) in [4.78, 5) is 14.9. The molecule has 0 unspecified atom stereocenters. The number of nitrogens with one attached hydrogen (secondary N) is 2. The second-order valence-corrected chi connectivity index (χ2v) is 3.08. The predicted molar refractivity (Wildman–Crippen MR) is 51.7 cm³/mol. The van der Waals surface area contributed by atoms with Gasteiger partial charge in [0.15, 0.2) is 0 Å². The average molecular weight is 187 g/mol. The number of nitrogens with two attached hydrogens (primary N) is 2. The molecular weight excluding hydrogens is 170 g/mol. The summed E-state index contributed by atoms with van der Waals surface area (Å²) in [6.07, 6.45) is 0. The van der Waals surface area contributed by atoms with Crippen LogP contribution in [0.25, 0.3) is 0 Å². The Morgan fingerprint density at radius 2 is 2.08 bits per heavy atom. The van der Waals surface area contributed by atoms with Crippen LogP contribution in [0.4, 0.5) is 0 Å². The smallest absolute Gasteiger partial charge is 0.242 e. The fourth-order valence-electron chi connectivity index (χ4n) is 0.637. The highest BCUT2D eigenvalue weighted by Crippen LogP contribution is 1.99. The average Bonchev–Trinajstić information content (AvgIpc) is 2.03. The number of aliphatic imine (C=N–C) groups is 1. The molecule has 0 spiro atoms. The number of carbonyl (C=O) groups excluding carboxylic acids is 1. The van der Waals surface area contributed by atoms with Crippen molar-refractivity contribution in [3.8, 4) is 0 Å². The molecular formula is C7H17N5O. The molecule has 6 nitrogen and oxygen atoms in total. The summed E-state index contributed by atoms with van der Waals surface area (Å²) in [6, 6.07) is 0. The van der Waals surface area contributed by atoms with Gasteiger partial charge in [-0.1, -0.05) is 0 Å². The third-order valence-electron chi connectivity index (χ3n) is 1.50. The van der Waals surface area contributed by atoms with Gasteiger partial charge in [-0.05, 0) is 20.8 Å². The molecule has 0 aromatic rings. The van der Waals surface area contributed by atoms with Crippen molar-refractivity contribution in [2.24, 2.45) is 16.6 Å². The Kier molecular flexibility index (Phi) is 4.19. The minimum absolute atomic E-state index is 0.353. The van der Waals surface area contributed by atoms with Gasteiger partial charge in [-0.3, -0.25) is 15.2 Å². The van der Waals surface area contributed by atoms with Crippen LogP contribution in [0.15, 0.2) is 4.99 Å². The van der Waals surface area contributed by atoms with E-state index < -0.39 is 11.4 Å². The summed E-state index contributed by atoms with van der Waals surface area (Å²) < 4.78 is 0. The highest BCUT2D eigenvalue weighted by Gasteiger charge is 2.25. The minimum Gasteiger partial charge on any atom is -0.368 e. The van der Waals surface area contributed by atoms with Crippen molar-refractivity contribution in [1.82, 2.24) is 10.7 Å². The molecule has 76 valence electrons. The van der Waals surface area contributed by atoms with Gasteiger partial charge in [0.1, 0.15) is 5.54 Å². The van der Waals surface area contributed by atoms with E-state index in [2.05, 4.69) is 15.7 Å². The van der Waals surface area contributed by atoms with E-state index in [-0.39, 0.29) is 0 Å². The van der Waals surface area contributed by atoms with Crippen molar-refractivity contribution in [3.05, 3.63) is 0 Å². The molecule has 6 heteroatoms. The molecule has 0 aromatic heterocycles. The molecule has 0 rings (SSSR count). The molecule has 0 saturated carbocycles. The highest BCUT2D eigenvalue weighted by molar-refractivity contribution is 5.90. The van der Waals surface area contributed by atoms with Crippen molar-refractivity contribution in [2.75, 3.05) is 6.54 Å². The van der Waals surface area contributed by atoms with Gasteiger partial charge >= 0.3 is 0 Å². The Hall–Kier alpha value is -1.30. The lowest BCUT2D eigenvalue weighted by atomic mass is 10.1. The van der Waals surface area contributed by atoms with Gasteiger partial charge in [0.25, 0.3) is 0 Å². The number of guanidine groups is 1. The maximum Gasteiger partial charge on any atom is 0.242 e. The fraction of sp³-hybridized carbons (Fsp3) is 0.714. The molecule has 0 aliphatic heterocycles. The standard InChI is InChI=1S/C7H17N5O/c1-4-10-6(12-9)11-7(2,3)5(8)13/h4,9H2,1-3H3,(H2,8,13)(H2,10,11,12). The lowest BCUT2D eigenvalue weighted by Crippen LogP contribution is -2.57. The number of hydrazine groups is 1. The molecule has 0 aromatic carbocycles. The Morgan fingerprint density at radius 3 is 2.38 bits per heavy atom. The van der Waals surface area contributed by atoms with Crippen molar-refractivity contribution in [1.29, 1.82) is 0 Å². The summed E-state index contributed by atoms with van der Waals surface area (Å²) in [5.41, 5.74) is 6.63. The molecule has 0 aliphatic carbocycles. The monoisotopic (exact) mass is 187 g/mol. The van der Waals surface area contributed by atoms with Gasteiger partial charge in [-0.25, -0.2) is 5.84 Å². The van der Waals surface area contributed by atoms with Crippen LogP contribution in [0.5, 0.6) is 0 Å². The first kappa shape index (κ1) is 11.7. The number of primary amides is 1. The maximum atomic E-state index is 10.9. The molecule has 0 fully saturated rings. The van der Waals surface area contributed by atoms with Crippen molar-refractivity contribution in [3.63, 3.8) is 0 Å². The normalized spacial score (nSPS) is 12.5. The second kappa shape index (κ2) is 4.66. The van der Waals surface area contributed by atoms with E-state index in [4.69, 9.17) is 11.6 Å². The van der Waals surface area contributed by atoms with Crippen LogP contribution in [0.1, 0.15) is 20.8 Å². The van der Waals surface area contributed by atoms with E-state index in [0.29, 0.717) is 12.5 Å². The number of amides is 1. The lowest BCUT2D eigenvalue weighted by Gasteiger charge is -2.23. The zero-order valence-electron chi connectivity index (χ0n) is 8.22. The first-order valence-corrected chi connectivity index (χ1v) is 4.03. The highest BCUT2D eigenvalue weighted by atomic mass is 16.1. The maximum absolute atomic E-state index is 10.9. The SMILES string of the molecule is CCN=C(NN)NC(C)(C)C(N)=O. The molecule has 0 heterocycles. The topological polar surface area (TPSA) is 106 Å². The van der Waals surface area contributed by atoms with Gasteiger partial charge in [-0.2, -0.15) is 0 Å². The Bertz CT molecular complexity index is 211. The molecule has 0 saturated heterocycles. The zero-order valence-corrected chi connectivity index (χ0v) is 8.22. The molecule has 0 bridgehead atoms. The van der Waals surface area contributed by atoms with Gasteiger partial charge in [0.05, 0.1) is 0 Å². The largest absolute Gasteiger partial charge is 0.368 e. The van der Waals surface area contributed by atoms with Gasteiger partial charge < -0.3 is 11.1 Å². The first-order valence-electron chi connectivity index (χ1n) is 4.03. The summed E-state index contributed by atoms with van der Waals surface area (Å²) in [5, 5.41) is 2.78. The van der Waals surface area contributed by atoms with Crippen LogP contribution in [-0.4, -0.2) is 24.0 Å². The van der Waals surface area contributed by atoms with Crippen molar-refractivity contribution in [2.45, 2.75) is 26.3 Å². The predicted octanol–water partition coefficient (Wildman–Crippen LogP) is -1.32. The molecule has 0 aliphatic rings. The molecule has 6 N–H and O–H groups in total. The van der Waals surface area contributed by atoms with E-state index >= 15 is 0 Å². The van der Waals surface area contributed by atoms with Crippen LogP contribution in [0, 0.1) is 0 Å². The lowest BCUT2D eigenvalue weighted by molar-refractivity contribution is -0.122. The third kappa shape index (κ3) is 3.75. The van der Waals surface area contributed by atoms with E-state index in [1.807, 2.05) is 6.92 Å². The minimum atomic E-state index is -0.861. The van der Waals surface area contributed by atoms with Gasteiger partial charge in [-0.15, -0.1) is 0 Å². The molecule has 1 amide bonds. The third-order valence-corrected chi connectivity index (χ3v) is 1.50. The number of rotatable bonds is 3. The number of nitrogens with zero attached hydrogens (tertiary/aromatic N) is 1. The van der Waals surface area contributed by atoms with Gasteiger partial charge in [0.2, 0.25) is 11.9 Å². The second-order valence-electron chi connectivity index (χ2n) is 3.08. The number of hydrogen-bond donors (Lipinski definition) is 4. The molecule has 13 heavy (non-hydrogen) atoms. The number of carbonyl (C=O) groups is 1. The van der Waals surface area contributed by atoms with Crippen molar-refractivity contribution >= 4 is 11.9 Å². The Balaban J connectivity index is 4.39. The fourth-order valence-corrected chi connectivity index (χ4v) is 0.637. The number of hydrogen-bond acceptors (Lipinski definition) is 3. The van der Waals surface area contributed by atoms with E-state index in [1.165, 1.54) is 0 Å². The van der Waals surface area contributed by atoms with Crippen molar-refractivity contribution < 1.29 is 4.79 Å². The first-order chi connectivity index (χ1) is 5.94. The summed E-state index contributed by atoms with van der Waals surface area (Å²) >= 11 is 0. The quantitative estimate of drug-likeness (QED) is 0.190. The van der Waals surface area contributed by atoms with Crippen LogP contribution in [-0.2, 0) is 4.79 Å². The van der Waals surface area contributed by atoms with Crippen LogP contribution < -0.4 is 22.3 Å². The van der Waals surface area contributed by atoms with Crippen LogP contribution in [0.2, 0.25) is 0 Å². The van der Waals surface area contributed by atoms with E-state index in [1.54, 1.807) is 13.8 Å². The molecule has 0 atom stereocenters. The molecule has 0 radical (unpaired) electrons. The van der Waals surface area contributed by atoms with E-state index in [9.17, 15) is 4.79 Å². The summed E-state index contributed by atoms with van der Waals surface area (Å²) in [6.45, 7) is 5.73. The van der Waals surface area contributed by atoms with Crippen LogP contribution >= 0.6 is 0 Å². The zero-order chi connectivity index (χ0) is 10.5. The van der Waals surface area contributed by atoms with Crippen LogP contribution in [0.3, 0.4) is 0 Å².